The van der Waals surface area contributed by atoms with Crippen LogP contribution >= 0.6 is 0 Å². The molecule has 122 valence electrons. The van der Waals surface area contributed by atoms with E-state index < -0.39 is 0 Å². The fourth-order valence-corrected chi connectivity index (χ4v) is 3.33. The Bertz CT molecular complexity index is 519. The van der Waals surface area contributed by atoms with Gasteiger partial charge in [-0.1, -0.05) is 0 Å². The van der Waals surface area contributed by atoms with Gasteiger partial charge in [-0.15, -0.1) is 0 Å². The van der Waals surface area contributed by atoms with Crippen LogP contribution in [-0.4, -0.2) is 56.9 Å². The first-order valence-electron chi connectivity index (χ1n) is 8.02. The third kappa shape index (κ3) is 3.31. The van der Waals surface area contributed by atoms with E-state index in [1.807, 2.05) is 6.07 Å². The number of benzene rings is 1. The van der Waals surface area contributed by atoms with Crippen LogP contribution in [0.25, 0.3) is 0 Å². The van der Waals surface area contributed by atoms with Crippen molar-refractivity contribution in [2.45, 2.75) is 31.8 Å². The first-order chi connectivity index (χ1) is 10.7. The van der Waals surface area contributed by atoms with Crippen LogP contribution < -0.4 is 14.2 Å². The zero-order chi connectivity index (χ0) is 15.5. The number of methoxy groups -OCH3 is 1. The van der Waals surface area contributed by atoms with E-state index in [-0.39, 0.29) is 0 Å². The molecule has 0 aliphatic carbocycles. The Labute approximate surface area is 132 Å². The number of ether oxygens (including phenoxy) is 3. The molecule has 0 aromatic heterocycles. The zero-order valence-electron chi connectivity index (χ0n) is 13.8. The van der Waals surface area contributed by atoms with Crippen molar-refractivity contribution in [3.8, 4) is 17.2 Å². The van der Waals surface area contributed by atoms with E-state index >= 15 is 0 Å². The monoisotopic (exact) mass is 306 g/mol. The molecule has 0 saturated carbocycles. The molecule has 1 atom stereocenters. The maximum absolute atomic E-state index is 5.53. The predicted molar refractivity (Wildman–Crippen MR) is 85.7 cm³/mol. The Morgan fingerprint density at radius 1 is 1.18 bits per heavy atom. The predicted octanol–water partition coefficient (Wildman–Crippen LogP) is 2.34. The van der Waals surface area contributed by atoms with Crippen LogP contribution in [0.3, 0.4) is 0 Å². The van der Waals surface area contributed by atoms with Gasteiger partial charge in [-0.25, -0.2) is 0 Å². The van der Waals surface area contributed by atoms with Gasteiger partial charge in [-0.2, -0.15) is 0 Å². The van der Waals surface area contributed by atoms with Crippen LogP contribution in [0.15, 0.2) is 12.1 Å². The normalized spacial score (nSPS) is 21.9. The molecule has 0 radical (unpaired) electrons. The molecule has 0 spiro atoms. The molecule has 1 unspecified atom stereocenters. The van der Waals surface area contributed by atoms with E-state index in [9.17, 15) is 0 Å². The molecule has 1 aromatic rings. The summed E-state index contributed by atoms with van der Waals surface area (Å²) in [4.78, 5) is 4.87. The summed E-state index contributed by atoms with van der Waals surface area (Å²) in [5.41, 5.74) is 1.18. The first kappa shape index (κ1) is 15.4. The highest BCUT2D eigenvalue weighted by Gasteiger charge is 2.22. The van der Waals surface area contributed by atoms with Crippen molar-refractivity contribution in [3.63, 3.8) is 0 Å². The van der Waals surface area contributed by atoms with Crippen LogP contribution in [0.4, 0.5) is 0 Å². The van der Waals surface area contributed by atoms with Crippen LogP contribution in [0, 0.1) is 0 Å². The topological polar surface area (TPSA) is 34.2 Å². The molecule has 1 saturated heterocycles. The average molecular weight is 306 g/mol. The molecule has 2 heterocycles. The van der Waals surface area contributed by atoms with Gasteiger partial charge in [-0.3, -0.25) is 4.90 Å². The highest BCUT2D eigenvalue weighted by Crippen LogP contribution is 2.38. The van der Waals surface area contributed by atoms with Gasteiger partial charge in [0.2, 0.25) is 6.79 Å². The van der Waals surface area contributed by atoms with Gasteiger partial charge in [0, 0.05) is 24.2 Å². The number of nitrogens with zero attached hydrogens (tertiary/aromatic N) is 2. The lowest BCUT2D eigenvalue weighted by Crippen LogP contribution is -2.30. The van der Waals surface area contributed by atoms with Crippen molar-refractivity contribution in [2.75, 3.05) is 41.1 Å². The molecule has 0 amide bonds. The van der Waals surface area contributed by atoms with Crippen LogP contribution in [0.5, 0.6) is 17.2 Å². The Morgan fingerprint density at radius 3 is 2.68 bits per heavy atom. The maximum atomic E-state index is 5.53. The molecule has 2 aliphatic heterocycles. The van der Waals surface area contributed by atoms with Crippen molar-refractivity contribution in [3.05, 3.63) is 17.7 Å². The number of likely N-dealkylation sites (tertiary alicyclic amines) is 1. The minimum absolute atomic E-state index is 0.302. The van der Waals surface area contributed by atoms with E-state index in [1.54, 1.807) is 7.11 Å². The quantitative estimate of drug-likeness (QED) is 0.853. The number of hydrogen-bond donors (Lipinski definition) is 0. The fourth-order valence-electron chi connectivity index (χ4n) is 3.33. The van der Waals surface area contributed by atoms with Gasteiger partial charge in [0.05, 0.1) is 7.11 Å². The third-order valence-electron chi connectivity index (χ3n) is 4.69. The molecule has 2 aliphatic rings. The number of rotatable bonds is 4. The van der Waals surface area contributed by atoms with Crippen molar-refractivity contribution in [2.24, 2.45) is 0 Å². The molecular weight excluding hydrogens is 280 g/mol. The van der Waals surface area contributed by atoms with Crippen LogP contribution in [0.1, 0.15) is 24.8 Å². The second kappa shape index (κ2) is 6.75. The lowest BCUT2D eigenvalue weighted by molar-refractivity contribution is 0.173. The summed E-state index contributed by atoms with van der Waals surface area (Å²) in [7, 11) is 6.08. The Balaban J connectivity index is 1.70. The van der Waals surface area contributed by atoms with Gasteiger partial charge in [0.25, 0.3) is 0 Å². The lowest BCUT2D eigenvalue weighted by Gasteiger charge is -2.24. The zero-order valence-corrected chi connectivity index (χ0v) is 13.8. The Morgan fingerprint density at radius 2 is 1.95 bits per heavy atom. The molecule has 22 heavy (non-hydrogen) atoms. The van der Waals surface area contributed by atoms with Crippen molar-refractivity contribution in [1.82, 2.24) is 9.80 Å². The minimum Gasteiger partial charge on any atom is -0.496 e. The summed E-state index contributed by atoms with van der Waals surface area (Å²) in [6, 6.07) is 4.71. The highest BCUT2D eigenvalue weighted by molar-refractivity contribution is 5.51. The minimum atomic E-state index is 0.302. The first-order valence-corrected chi connectivity index (χ1v) is 8.02. The van der Waals surface area contributed by atoms with Crippen molar-refractivity contribution in [1.29, 1.82) is 0 Å². The smallest absolute Gasteiger partial charge is 0.231 e. The SMILES string of the molecule is COc1cc2c(cc1CN1CCCC(N(C)C)CC1)OCO2. The Kier molecular flexibility index (Phi) is 4.74. The van der Waals surface area contributed by atoms with E-state index in [0.717, 1.165) is 36.9 Å². The van der Waals surface area contributed by atoms with Crippen LogP contribution in [0.2, 0.25) is 0 Å². The average Bonchev–Trinajstić information content (AvgIpc) is 2.82. The summed E-state index contributed by atoms with van der Waals surface area (Å²) in [5, 5.41) is 0. The molecule has 0 bridgehead atoms. The largest absolute Gasteiger partial charge is 0.496 e. The van der Waals surface area contributed by atoms with Gasteiger partial charge >= 0.3 is 0 Å². The second-order valence-corrected chi connectivity index (χ2v) is 6.34. The molecule has 0 N–H and O–H groups in total. The van der Waals surface area contributed by atoms with Crippen molar-refractivity contribution < 1.29 is 14.2 Å². The summed E-state index contributed by atoms with van der Waals surface area (Å²) in [5.74, 6) is 2.50. The van der Waals surface area contributed by atoms with Crippen LogP contribution in [-0.2, 0) is 6.54 Å². The van der Waals surface area contributed by atoms with Gasteiger partial charge in [-0.05, 0) is 52.5 Å². The van der Waals surface area contributed by atoms with Gasteiger partial charge in [0.1, 0.15) is 5.75 Å². The van der Waals surface area contributed by atoms with E-state index in [4.69, 9.17) is 14.2 Å². The number of fused-ring (bicyclic) bond motifs is 1. The second-order valence-electron chi connectivity index (χ2n) is 6.34. The summed E-state index contributed by atoms with van der Waals surface area (Å²) >= 11 is 0. The Hall–Kier alpha value is -1.46. The molecule has 5 nitrogen and oxygen atoms in total. The summed E-state index contributed by atoms with van der Waals surface area (Å²) < 4.78 is 16.5. The van der Waals surface area contributed by atoms with E-state index in [0.29, 0.717) is 12.8 Å². The fraction of sp³-hybridized carbons (Fsp3) is 0.647. The molecular formula is C17H26N2O3. The maximum Gasteiger partial charge on any atom is 0.231 e. The summed E-state index contributed by atoms with van der Waals surface area (Å²) in [6.07, 6.45) is 3.75. The molecule has 1 fully saturated rings. The third-order valence-corrected chi connectivity index (χ3v) is 4.69. The van der Waals surface area contributed by atoms with Gasteiger partial charge < -0.3 is 19.1 Å². The molecule has 5 heteroatoms. The standard InChI is InChI=1S/C17H26N2O3/c1-18(2)14-5-4-7-19(8-6-14)11-13-9-16-17(22-12-21-16)10-15(13)20-3/h9-10,14H,4-8,11-12H2,1-3H3. The summed E-state index contributed by atoms with van der Waals surface area (Å²) in [6.45, 7) is 3.47. The van der Waals surface area contributed by atoms with Gasteiger partial charge in [0.15, 0.2) is 11.5 Å². The molecule has 3 rings (SSSR count). The van der Waals surface area contributed by atoms with Crippen molar-refractivity contribution >= 4 is 0 Å². The van der Waals surface area contributed by atoms with E-state index in [1.165, 1.54) is 24.8 Å². The number of hydrogen-bond acceptors (Lipinski definition) is 5. The lowest BCUT2D eigenvalue weighted by atomic mass is 10.1. The highest BCUT2D eigenvalue weighted by atomic mass is 16.7. The van der Waals surface area contributed by atoms with E-state index in [2.05, 4.69) is 30.0 Å². The molecule has 1 aromatic carbocycles.